The number of hydrogen-bond donors (Lipinski definition) is 1. The minimum atomic E-state index is 0.585. The summed E-state index contributed by atoms with van der Waals surface area (Å²) in [5, 5.41) is 3.41. The van der Waals surface area contributed by atoms with E-state index in [0.29, 0.717) is 25.7 Å². The molecular weight excluding hydrogens is 250 g/mol. The molecule has 1 aromatic rings. The van der Waals surface area contributed by atoms with Gasteiger partial charge in [0.2, 0.25) is 0 Å². The summed E-state index contributed by atoms with van der Waals surface area (Å²) in [5.41, 5.74) is 2.54. The van der Waals surface area contributed by atoms with Crippen molar-refractivity contribution >= 4 is 0 Å². The molecule has 0 bridgehead atoms. The maximum atomic E-state index is 5.64. The average molecular weight is 279 g/mol. The molecule has 0 aliphatic heterocycles. The Morgan fingerprint density at radius 3 is 2.60 bits per heavy atom. The van der Waals surface area contributed by atoms with Gasteiger partial charge in [0.1, 0.15) is 0 Å². The second-order valence-electron chi connectivity index (χ2n) is 5.52. The van der Waals surface area contributed by atoms with E-state index in [9.17, 15) is 0 Å². The third-order valence-electron chi connectivity index (χ3n) is 2.84. The van der Waals surface area contributed by atoms with Crippen LogP contribution in [0.5, 0.6) is 0 Å². The second-order valence-corrected chi connectivity index (χ2v) is 5.52. The van der Waals surface area contributed by atoms with Crippen molar-refractivity contribution in [2.24, 2.45) is 5.92 Å². The van der Waals surface area contributed by atoms with Crippen molar-refractivity contribution in [3.05, 3.63) is 35.4 Å². The highest BCUT2D eigenvalue weighted by Gasteiger charge is 1.98. The summed E-state index contributed by atoms with van der Waals surface area (Å²) in [6, 6.07) is 8.56. The van der Waals surface area contributed by atoms with E-state index in [4.69, 9.17) is 9.47 Å². The number of ether oxygens (including phenoxy) is 2. The SMILES string of the molecule is CCCNCc1cccc(COCCOCC(C)C)c1. The van der Waals surface area contributed by atoms with Crippen molar-refractivity contribution in [1.82, 2.24) is 5.32 Å². The van der Waals surface area contributed by atoms with E-state index in [1.54, 1.807) is 0 Å². The van der Waals surface area contributed by atoms with Crippen LogP contribution in [0.2, 0.25) is 0 Å². The van der Waals surface area contributed by atoms with Gasteiger partial charge in [-0.1, -0.05) is 45.0 Å². The molecule has 0 atom stereocenters. The Kier molecular flexibility index (Phi) is 9.29. The highest BCUT2D eigenvalue weighted by Crippen LogP contribution is 2.06. The molecule has 1 rings (SSSR count). The van der Waals surface area contributed by atoms with Crippen LogP contribution in [0.3, 0.4) is 0 Å². The lowest BCUT2D eigenvalue weighted by Gasteiger charge is -2.09. The van der Waals surface area contributed by atoms with Gasteiger partial charge in [-0.15, -0.1) is 0 Å². The molecule has 0 saturated heterocycles. The van der Waals surface area contributed by atoms with Crippen LogP contribution < -0.4 is 5.32 Å². The largest absolute Gasteiger partial charge is 0.379 e. The van der Waals surface area contributed by atoms with Crippen molar-refractivity contribution in [3.63, 3.8) is 0 Å². The van der Waals surface area contributed by atoms with Gasteiger partial charge in [0.05, 0.1) is 19.8 Å². The monoisotopic (exact) mass is 279 g/mol. The predicted octanol–water partition coefficient (Wildman–Crippen LogP) is 3.38. The van der Waals surface area contributed by atoms with Gasteiger partial charge in [0.15, 0.2) is 0 Å². The van der Waals surface area contributed by atoms with Crippen LogP contribution in [0.1, 0.15) is 38.3 Å². The Hall–Kier alpha value is -0.900. The maximum Gasteiger partial charge on any atom is 0.0718 e. The Labute approximate surface area is 123 Å². The first kappa shape index (κ1) is 17.2. The van der Waals surface area contributed by atoms with Crippen molar-refractivity contribution in [2.75, 3.05) is 26.4 Å². The molecule has 20 heavy (non-hydrogen) atoms. The molecule has 3 heteroatoms. The van der Waals surface area contributed by atoms with Gasteiger partial charge in [-0.25, -0.2) is 0 Å². The Bertz CT molecular complexity index is 353. The first-order valence-corrected chi connectivity index (χ1v) is 7.66. The zero-order chi connectivity index (χ0) is 14.6. The number of hydrogen-bond acceptors (Lipinski definition) is 3. The molecule has 0 radical (unpaired) electrons. The van der Waals surface area contributed by atoms with Crippen LogP contribution >= 0.6 is 0 Å². The van der Waals surface area contributed by atoms with E-state index < -0.39 is 0 Å². The molecule has 0 spiro atoms. The van der Waals surface area contributed by atoms with Gasteiger partial charge in [-0.3, -0.25) is 0 Å². The molecule has 1 N–H and O–H groups in total. The van der Waals surface area contributed by atoms with E-state index >= 15 is 0 Å². The molecule has 0 fully saturated rings. The van der Waals surface area contributed by atoms with Crippen molar-refractivity contribution < 1.29 is 9.47 Å². The summed E-state index contributed by atoms with van der Waals surface area (Å²) in [6.07, 6.45) is 1.17. The Morgan fingerprint density at radius 1 is 1.10 bits per heavy atom. The molecule has 114 valence electrons. The smallest absolute Gasteiger partial charge is 0.0718 e. The van der Waals surface area contributed by atoms with Crippen LogP contribution in [0.4, 0.5) is 0 Å². The average Bonchev–Trinajstić information content (AvgIpc) is 2.43. The standard InChI is InChI=1S/C17H29NO2/c1-4-8-18-12-16-6-5-7-17(11-16)14-20-10-9-19-13-15(2)3/h5-7,11,15,18H,4,8-10,12-14H2,1-3H3. The zero-order valence-corrected chi connectivity index (χ0v) is 13.2. The minimum Gasteiger partial charge on any atom is -0.379 e. The molecule has 0 unspecified atom stereocenters. The van der Waals surface area contributed by atoms with E-state index in [0.717, 1.165) is 19.7 Å². The van der Waals surface area contributed by atoms with Gasteiger partial charge in [0.25, 0.3) is 0 Å². The fourth-order valence-corrected chi connectivity index (χ4v) is 1.87. The first-order chi connectivity index (χ1) is 9.72. The lowest BCUT2D eigenvalue weighted by Crippen LogP contribution is -2.14. The van der Waals surface area contributed by atoms with Crippen LogP contribution in [0, 0.1) is 5.92 Å². The normalized spacial score (nSPS) is 11.2. The summed E-state index contributed by atoms with van der Waals surface area (Å²) in [7, 11) is 0. The number of rotatable bonds is 11. The van der Waals surface area contributed by atoms with Crippen molar-refractivity contribution in [3.8, 4) is 0 Å². The third-order valence-corrected chi connectivity index (χ3v) is 2.84. The van der Waals surface area contributed by atoms with Gasteiger partial charge in [-0.2, -0.15) is 0 Å². The topological polar surface area (TPSA) is 30.5 Å². The van der Waals surface area contributed by atoms with Crippen LogP contribution in [0.25, 0.3) is 0 Å². The molecule has 0 aliphatic carbocycles. The highest BCUT2D eigenvalue weighted by atomic mass is 16.5. The highest BCUT2D eigenvalue weighted by molar-refractivity contribution is 5.22. The molecule has 1 aromatic carbocycles. The fraction of sp³-hybridized carbons (Fsp3) is 0.647. The molecule has 0 saturated carbocycles. The summed E-state index contributed by atoms with van der Waals surface area (Å²) < 4.78 is 11.1. The quantitative estimate of drug-likeness (QED) is 0.630. The lowest BCUT2D eigenvalue weighted by atomic mass is 10.1. The molecule has 0 heterocycles. The van der Waals surface area contributed by atoms with Crippen molar-refractivity contribution in [2.45, 2.75) is 40.3 Å². The van der Waals surface area contributed by atoms with Gasteiger partial charge in [0, 0.05) is 13.2 Å². The van der Waals surface area contributed by atoms with Crippen molar-refractivity contribution in [1.29, 1.82) is 0 Å². The molecular formula is C17H29NO2. The predicted molar refractivity (Wildman–Crippen MR) is 83.8 cm³/mol. The summed E-state index contributed by atoms with van der Waals surface area (Å²) in [4.78, 5) is 0. The third kappa shape index (κ3) is 8.31. The minimum absolute atomic E-state index is 0.585. The van der Waals surface area contributed by atoms with Gasteiger partial charge >= 0.3 is 0 Å². The van der Waals surface area contributed by atoms with E-state index in [-0.39, 0.29) is 0 Å². The van der Waals surface area contributed by atoms with Gasteiger partial charge in [-0.05, 0) is 30.0 Å². The maximum absolute atomic E-state index is 5.64. The summed E-state index contributed by atoms with van der Waals surface area (Å²) in [5.74, 6) is 0.585. The van der Waals surface area contributed by atoms with E-state index in [1.165, 1.54) is 17.5 Å². The van der Waals surface area contributed by atoms with Gasteiger partial charge < -0.3 is 14.8 Å². The lowest BCUT2D eigenvalue weighted by molar-refractivity contribution is 0.0314. The summed E-state index contributed by atoms with van der Waals surface area (Å²) >= 11 is 0. The van der Waals surface area contributed by atoms with Crippen LogP contribution in [0.15, 0.2) is 24.3 Å². The van der Waals surface area contributed by atoms with E-state index in [2.05, 4.69) is 50.4 Å². The fourth-order valence-electron chi connectivity index (χ4n) is 1.87. The zero-order valence-electron chi connectivity index (χ0n) is 13.2. The van der Waals surface area contributed by atoms with E-state index in [1.807, 2.05) is 0 Å². The summed E-state index contributed by atoms with van der Waals surface area (Å²) in [6.45, 7) is 11.3. The molecule has 0 aromatic heterocycles. The Balaban J connectivity index is 2.18. The number of benzene rings is 1. The molecule has 3 nitrogen and oxygen atoms in total. The first-order valence-electron chi connectivity index (χ1n) is 7.66. The molecule has 0 aliphatic rings. The Morgan fingerprint density at radius 2 is 1.85 bits per heavy atom. The van der Waals surface area contributed by atoms with Crippen LogP contribution in [-0.4, -0.2) is 26.4 Å². The van der Waals surface area contributed by atoms with Crippen LogP contribution in [-0.2, 0) is 22.6 Å². The number of nitrogens with one attached hydrogen (secondary N) is 1. The second kappa shape index (κ2) is 10.8. The molecule has 0 amide bonds.